The molecule has 0 amide bonds. The molecule has 0 heterocycles. The molecule has 0 aliphatic rings. The van der Waals surface area contributed by atoms with E-state index in [1.807, 2.05) is 0 Å². The summed E-state index contributed by atoms with van der Waals surface area (Å²) < 4.78 is 0. The van der Waals surface area contributed by atoms with Crippen LogP contribution in [0.4, 0.5) is 0 Å². The number of hydrogen-bond acceptors (Lipinski definition) is 2. The third-order valence-corrected chi connectivity index (χ3v) is 0.240. The maximum absolute atomic E-state index is 9.45. The van der Waals surface area contributed by atoms with Crippen molar-refractivity contribution in [2.75, 3.05) is 7.05 Å². The number of nitrogens with zero attached hydrogens (tertiary/aromatic N) is 1. The van der Waals surface area contributed by atoms with Crippen molar-refractivity contribution in [1.82, 2.24) is 0 Å². The summed E-state index contributed by atoms with van der Waals surface area (Å²) in [4.78, 5) is 12.7. The Morgan fingerprint density at radius 1 is 1.86 bits per heavy atom. The van der Waals surface area contributed by atoms with E-state index in [0.717, 1.165) is 6.21 Å². The molecule has 0 aromatic rings. The summed E-state index contributed by atoms with van der Waals surface area (Å²) in [6.45, 7) is 0. The molecule has 0 aliphatic heterocycles. The highest BCUT2D eigenvalue weighted by Crippen LogP contribution is 1.50. The van der Waals surface area contributed by atoms with Gasteiger partial charge in [0.05, 0.1) is 0 Å². The summed E-state index contributed by atoms with van der Waals surface area (Å²) in [5.41, 5.74) is 0. The first-order chi connectivity index (χ1) is 2.77. The van der Waals surface area contributed by atoms with Gasteiger partial charge >= 0.3 is 5.97 Å². The van der Waals surface area contributed by atoms with E-state index in [4.69, 9.17) is 5.11 Å². The smallest absolute Gasteiger partial charge is 0.346 e. The van der Waals surface area contributed by atoms with Crippen LogP contribution in [0.15, 0.2) is 4.99 Å². The zero-order valence-corrected chi connectivity index (χ0v) is 4.60. The predicted octanol–water partition coefficient (Wildman–Crippen LogP) is 0.193. The second-order valence-electron chi connectivity index (χ2n) is 0.726. The summed E-state index contributed by atoms with van der Waals surface area (Å²) in [5, 5.41) is 7.76. The third kappa shape index (κ3) is 10.8. The maximum atomic E-state index is 9.45. The van der Waals surface area contributed by atoms with Gasteiger partial charge in [0.25, 0.3) is 0 Å². The fraction of sp³-hybridized carbons (Fsp3) is 0.333. The molecule has 4 heteroatoms. The van der Waals surface area contributed by atoms with Crippen molar-refractivity contribution in [3.05, 3.63) is 0 Å². The molecule has 0 aliphatic carbocycles. The minimum atomic E-state index is -1.00. The minimum Gasteiger partial charge on any atom is -0.477 e. The van der Waals surface area contributed by atoms with Crippen LogP contribution in [-0.4, -0.2) is 24.3 Å². The second kappa shape index (κ2) is 5.43. The lowest BCUT2D eigenvalue weighted by Gasteiger charge is -1.68. The van der Waals surface area contributed by atoms with E-state index in [0.29, 0.717) is 0 Å². The first-order valence-electron chi connectivity index (χ1n) is 1.42. The Hall–Kier alpha value is -0.570. The lowest BCUT2D eigenvalue weighted by molar-refractivity contribution is -0.128. The van der Waals surface area contributed by atoms with E-state index in [-0.39, 0.29) is 12.4 Å². The van der Waals surface area contributed by atoms with Crippen molar-refractivity contribution >= 4 is 24.6 Å². The fourth-order valence-electron chi connectivity index (χ4n) is 0.110. The zero-order chi connectivity index (χ0) is 4.99. The van der Waals surface area contributed by atoms with Gasteiger partial charge in [0.15, 0.2) is 0 Å². The average molecular weight is 124 g/mol. The Kier molecular flexibility index (Phi) is 7.49. The molecule has 0 bridgehead atoms. The molecule has 0 atom stereocenters. The van der Waals surface area contributed by atoms with Crippen LogP contribution in [0.25, 0.3) is 0 Å². The molecule has 42 valence electrons. The highest BCUT2D eigenvalue weighted by Gasteiger charge is 1.78. The molecule has 0 aromatic carbocycles. The van der Waals surface area contributed by atoms with Crippen molar-refractivity contribution in [3.8, 4) is 0 Å². The van der Waals surface area contributed by atoms with Crippen molar-refractivity contribution in [2.24, 2.45) is 4.99 Å². The topological polar surface area (TPSA) is 49.7 Å². The number of carboxylic acids is 1. The van der Waals surface area contributed by atoms with Crippen LogP contribution < -0.4 is 0 Å². The number of halogens is 1. The standard InChI is InChI=1S/C3H5NO2.ClH/c1-4-2-3(5)6;/h2H,1H3,(H,5,6);1H. The number of rotatable bonds is 1. The van der Waals surface area contributed by atoms with Crippen LogP contribution in [-0.2, 0) is 4.79 Å². The fourth-order valence-corrected chi connectivity index (χ4v) is 0.110. The van der Waals surface area contributed by atoms with Crippen LogP contribution in [0.3, 0.4) is 0 Å². The van der Waals surface area contributed by atoms with Gasteiger partial charge in [0, 0.05) is 7.05 Å². The van der Waals surface area contributed by atoms with Crippen LogP contribution in [0.1, 0.15) is 0 Å². The lowest BCUT2D eigenvalue weighted by atomic mass is 10.8. The molecular formula is C3H6ClNO2. The van der Waals surface area contributed by atoms with Gasteiger partial charge in [-0.2, -0.15) is 0 Å². The van der Waals surface area contributed by atoms with Crippen LogP contribution in [0, 0.1) is 0 Å². The lowest BCUT2D eigenvalue weighted by Crippen LogP contribution is -1.93. The third-order valence-electron chi connectivity index (χ3n) is 0.240. The predicted molar refractivity (Wildman–Crippen MR) is 29.3 cm³/mol. The van der Waals surface area contributed by atoms with Gasteiger partial charge in [-0.15, -0.1) is 12.4 Å². The Morgan fingerprint density at radius 2 is 2.29 bits per heavy atom. The van der Waals surface area contributed by atoms with Gasteiger partial charge in [0.2, 0.25) is 0 Å². The highest BCUT2D eigenvalue weighted by molar-refractivity contribution is 6.21. The number of aliphatic carboxylic acids is 1. The molecule has 0 saturated carbocycles. The number of hydrogen-bond donors (Lipinski definition) is 1. The van der Waals surface area contributed by atoms with E-state index >= 15 is 0 Å². The first-order valence-corrected chi connectivity index (χ1v) is 1.42. The van der Waals surface area contributed by atoms with Gasteiger partial charge in [-0.3, -0.25) is 4.99 Å². The molecular weight excluding hydrogens is 117 g/mol. The SMILES string of the molecule is CN=CC(=O)O.Cl. The zero-order valence-electron chi connectivity index (χ0n) is 3.79. The number of aliphatic imine (C=N–C) groups is 1. The van der Waals surface area contributed by atoms with Gasteiger partial charge in [-0.05, 0) is 0 Å². The average Bonchev–Trinajstić information content (AvgIpc) is 1.35. The van der Waals surface area contributed by atoms with Crippen molar-refractivity contribution < 1.29 is 9.90 Å². The molecule has 0 spiro atoms. The van der Waals surface area contributed by atoms with E-state index in [9.17, 15) is 4.79 Å². The summed E-state index contributed by atoms with van der Waals surface area (Å²) in [7, 11) is 1.41. The van der Waals surface area contributed by atoms with Crippen LogP contribution >= 0.6 is 12.4 Å². The molecule has 0 radical (unpaired) electrons. The Balaban J connectivity index is 0. The quantitative estimate of drug-likeness (QED) is 0.506. The number of carbonyl (C=O) groups is 1. The molecule has 0 aromatic heterocycles. The minimum absolute atomic E-state index is 0. The summed E-state index contributed by atoms with van der Waals surface area (Å²) in [6, 6.07) is 0. The molecule has 1 N–H and O–H groups in total. The summed E-state index contributed by atoms with van der Waals surface area (Å²) in [6.07, 6.45) is 0.833. The van der Waals surface area contributed by atoms with Crippen molar-refractivity contribution in [3.63, 3.8) is 0 Å². The number of carboxylic acid groups (broad SMARTS) is 1. The van der Waals surface area contributed by atoms with Crippen molar-refractivity contribution in [2.45, 2.75) is 0 Å². The monoisotopic (exact) mass is 123 g/mol. The van der Waals surface area contributed by atoms with Crippen LogP contribution in [0.5, 0.6) is 0 Å². The Labute approximate surface area is 47.5 Å². The Bertz CT molecular complexity index is 81.0. The summed E-state index contributed by atoms with van der Waals surface area (Å²) in [5.74, 6) is -1.00. The molecule has 0 unspecified atom stereocenters. The van der Waals surface area contributed by atoms with E-state index < -0.39 is 5.97 Å². The highest BCUT2D eigenvalue weighted by atomic mass is 35.5. The largest absolute Gasteiger partial charge is 0.477 e. The van der Waals surface area contributed by atoms with Gasteiger partial charge < -0.3 is 5.11 Å². The first kappa shape index (κ1) is 9.66. The van der Waals surface area contributed by atoms with Crippen molar-refractivity contribution in [1.29, 1.82) is 0 Å². The molecule has 7 heavy (non-hydrogen) atoms. The van der Waals surface area contributed by atoms with E-state index in [1.165, 1.54) is 7.05 Å². The summed E-state index contributed by atoms with van der Waals surface area (Å²) >= 11 is 0. The maximum Gasteiger partial charge on any atom is 0.346 e. The normalized spacial score (nSPS) is 8.14. The second-order valence-corrected chi connectivity index (χ2v) is 0.726. The molecule has 0 rings (SSSR count). The van der Waals surface area contributed by atoms with Crippen LogP contribution in [0.2, 0.25) is 0 Å². The molecule has 0 saturated heterocycles. The Morgan fingerprint density at radius 3 is 2.29 bits per heavy atom. The molecule has 3 nitrogen and oxygen atoms in total. The van der Waals surface area contributed by atoms with E-state index in [2.05, 4.69) is 4.99 Å². The molecule has 0 fully saturated rings. The van der Waals surface area contributed by atoms with Gasteiger partial charge in [-0.25, -0.2) is 4.79 Å². The van der Waals surface area contributed by atoms with Gasteiger partial charge in [0.1, 0.15) is 6.21 Å². The van der Waals surface area contributed by atoms with E-state index in [1.54, 1.807) is 0 Å². The van der Waals surface area contributed by atoms with Gasteiger partial charge in [-0.1, -0.05) is 0 Å².